The van der Waals surface area contributed by atoms with E-state index in [-0.39, 0.29) is 24.0 Å². The summed E-state index contributed by atoms with van der Waals surface area (Å²) in [4.78, 5) is 27.6. The first-order chi connectivity index (χ1) is 16.1. The minimum Gasteiger partial charge on any atom is -0.361 e. The number of benzene rings is 3. The van der Waals surface area contributed by atoms with Crippen LogP contribution in [-0.4, -0.2) is 29.3 Å². The lowest BCUT2D eigenvalue weighted by Crippen LogP contribution is -2.33. The van der Waals surface area contributed by atoms with Crippen molar-refractivity contribution >= 4 is 17.5 Å². The average Bonchev–Trinajstić information content (AvgIpc) is 3.10. The number of carbonyl (C=O) groups is 2. The predicted molar refractivity (Wildman–Crippen MR) is 132 cm³/mol. The summed E-state index contributed by atoms with van der Waals surface area (Å²) < 4.78 is 0. The molecule has 0 bridgehead atoms. The van der Waals surface area contributed by atoms with Crippen molar-refractivity contribution in [1.82, 2.24) is 10.2 Å². The topological polar surface area (TPSA) is 61.4 Å². The predicted octanol–water partition coefficient (Wildman–Crippen LogP) is 5.41. The van der Waals surface area contributed by atoms with E-state index in [0.29, 0.717) is 12.1 Å². The van der Waals surface area contributed by atoms with Gasteiger partial charge in [-0.3, -0.25) is 9.59 Å². The molecule has 5 heteroatoms. The molecule has 0 spiro atoms. The van der Waals surface area contributed by atoms with E-state index in [1.165, 1.54) is 5.56 Å². The van der Waals surface area contributed by atoms with Gasteiger partial charge < -0.3 is 15.5 Å². The third-order valence-electron chi connectivity index (χ3n) is 6.04. The fourth-order valence-electron chi connectivity index (χ4n) is 4.31. The van der Waals surface area contributed by atoms with Crippen LogP contribution in [0.2, 0.25) is 0 Å². The van der Waals surface area contributed by atoms with Gasteiger partial charge in [-0.15, -0.1) is 0 Å². The van der Waals surface area contributed by atoms with Gasteiger partial charge in [-0.05, 0) is 56.0 Å². The Balaban J connectivity index is 1.43. The molecule has 0 saturated carbocycles. The van der Waals surface area contributed by atoms with Gasteiger partial charge in [0.25, 0.3) is 11.8 Å². The quantitative estimate of drug-likeness (QED) is 0.466. The zero-order valence-electron chi connectivity index (χ0n) is 19.3. The monoisotopic (exact) mass is 441 g/mol. The summed E-state index contributed by atoms with van der Waals surface area (Å²) in [6.07, 6.45) is 2.44. The summed E-state index contributed by atoms with van der Waals surface area (Å²) in [5.41, 5.74) is 4.40. The van der Waals surface area contributed by atoms with Gasteiger partial charge >= 0.3 is 0 Å². The van der Waals surface area contributed by atoms with Gasteiger partial charge in [0.2, 0.25) is 0 Å². The second-order valence-corrected chi connectivity index (χ2v) is 8.61. The van der Waals surface area contributed by atoms with Crippen molar-refractivity contribution in [3.8, 4) is 0 Å². The van der Waals surface area contributed by atoms with Crippen LogP contribution >= 0.6 is 0 Å². The minimum absolute atomic E-state index is 0.0473. The first kappa shape index (κ1) is 22.6. The molecule has 0 aliphatic carbocycles. The van der Waals surface area contributed by atoms with Crippen LogP contribution in [0.1, 0.15) is 64.7 Å². The summed E-state index contributed by atoms with van der Waals surface area (Å²) in [6.45, 7) is 4.77. The fraction of sp³-hybridized carbons (Fsp3) is 0.286. The third kappa shape index (κ3) is 5.25. The summed E-state index contributed by atoms with van der Waals surface area (Å²) in [6, 6.07) is 25.6. The number of carbonyl (C=O) groups excluding carboxylic acids is 2. The number of anilines is 1. The molecule has 1 aliphatic heterocycles. The highest BCUT2D eigenvalue weighted by atomic mass is 16.2. The van der Waals surface area contributed by atoms with E-state index in [0.717, 1.165) is 36.1 Å². The Morgan fingerprint density at radius 2 is 1.76 bits per heavy atom. The number of hydrogen-bond acceptors (Lipinski definition) is 3. The van der Waals surface area contributed by atoms with Crippen molar-refractivity contribution < 1.29 is 9.59 Å². The van der Waals surface area contributed by atoms with E-state index in [4.69, 9.17) is 0 Å². The Hall–Kier alpha value is -3.60. The highest BCUT2D eigenvalue weighted by molar-refractivity contribution is 5.99. The number of nitrogens with zero attached hydrogens (tertiary/aromatic N) is 1. The maximum atomic E-state index is 12.9. The van der Waals surface area contributed by atoms with Crippen LogP contribution in [0.5, 0.6) is 0 Å². The van der Waals surface area contributed by atoms with E-state index in [1.807, 2.05) is 78.6 Å². The van der Waals surface area contributed by atoms with Crippen LogP contribution in [0, 0.1) is 0 Å². The molecule has 2 N–H and O–H groups in total. The normalized spacial score (nSPS) is 15.8. The lowest BCUT2D eigenvalue weighted by atomic mass is 10.1. The summed E-state index contributed by atoms with van der Waals surface area (Å²) in [5.74, 6) is -0.0430. The molecule has 3 aromatic carbocycles. The lowest BCUT2D eigenvalue weighted by molar-refractivity contribution is 0.0742. The Kier molecular flexibility index (Phi) is 7.08. The number of aryl methyl sites for hydroxylation is 1. The van der Waals surface area contributed by atoms with Crippen molar-refractivity contribution in [3.63, 3.8) is 0 Å². The number of hydrogen-bond donors (Lipinski definition) is 2. The van der Waals surface area contributed by atoms with Crippen LogP contribution in [0.4, 0.5) is 5.69 Å². The smallest absolute Gasteiger partial charge is 0.256 e. The van der Waals surface area contributed by atoms with Gasteiger partial charge in [-0.1, -0.05) is 61.5 Å². The molecule has 1 aliphatic rings. The summed E-state index contributed by atoms with van der Waals surface area (Å²) >= 11 is 0. The number of fused-ring (bicyclic) bond motifs is 1. The Morgan fingerprint density at radius 3 is 2.55 bits per heavy atom. The Morgan fingerprint density at radius 1 is 1.00 bits per heavy atom. The van der Waals surface area contributed by atoms with Crippen molar-refractivity contribution in [2.24, 2.45) is 0 Å². The highest BCUT2D eigenvalue weighted by Gasteiger charge is 2.35. The fourth-order valence-corrected chi connectivity index (χ4v) is 4.31. The molecule has 0 saturated heterocycles. The second-order valence-electron chi connectivity index (χ2n) is 8.61. The van der Waals surface area contributed by atoms with Crippen LogP contribution in [0.15, 0.2) is 78.9 Å². The van der Waals surface area contributed by atoms with Gasteiger partial charge in [0.05, 0.1) is 0 Å². The maximum absolute atomic E-state index is 12.9. The molecule has 0 aromatic heterocycles. The molecule has 5 nitrogen and oxygen atoms in total. The van der Waals surface area contributed by atoms with Crippen LogP contribution in [0.25, 0.3) is 0 Å². The van der Waals surface area contributed by atoms with Gasteiger partial charge in [0.15, 0.2) is 0 Å². The molecule has 2 amide bonds. The van der Waals surface area contributed by atoms with Crippen molar-refractivity contribution in [2.75, 3.05) is 11.9 Å². The first-order valence-electron chi connectivity index (χ1n) is 11.7. The zero-order valence-corrected chi connectivity index (χ0v) is 19.3. The van der Waals surface area contributed by atoms with Gasteiger partial charge in [-0.25, -0.2) is 0 Å². The average molecular weight is 442 g/mol. The highest BCUT2D eigenvalue weighted by Crippen LogP contribution is 2.34. The number of amides is 2. The van der Waals surface area contributed by atoms with E-state index in [9.17, 15) is 9.59 Å². The molecule has 3 aromatic rings. The Labute approximate surface area is 195 Å². The molecule has 1 heterocycles. The van der Waals surface area contributed by atoms with Gasteiger partial charge in [0, 0.05) is 35.0 Å². The second kappa shape index (κ2) is 10.3. The molecular weight excluding hydrogens is 410 g/mol. The number of nitrogens with one attached hydrogen (secondary N) is 2. The first-order valence-corrected chi connectivity index (χ1v) is 11.7. The van der Waals surface area contributed by atoms with Crippen LogP contribution in [0.3, 0.4) is 0 Å². The van der Waals surface area contributed by atoms with Crippen molar-refractivity contribution in [3.05, 3.63) is 101 Å². The number of rotatable bonds is 9. The summed E-state index contributed by atoms with van der Waals surface area (Å²) in [7, 11) is 0. The van der Waals surface area contributed by atoms with E-state index in [2.05, 4.69) is 29.7 Å². The SMILES string of the molecule is CCCN1C(=O)c2ccccc2C1Nc1cccc(C(=O)NC(C)CCc2ccccc2)c1. The maximum Gasteiger partial charge on any atom is 0.256 e. The van der Waals surface area contributed by atoms with Gasteiger partial charge in [-0.2, -0.15) is 0 Å². The molecule has 170 valence electrons. The van der Waals surface area contributed by atoms with E-state index < -0.39 is 0 Å². The molecule has 33 heavy (non-hydrogen) atoms. The minimum atomic E-state index is -0.239. The molecule has 4 rings (SSSR count). The Bertz CT molecular complexity index is 1110. The van der Waals surface area contributed by atoms with E-state index >= 15 is 0 Å². The summed E-state index contributed by atoms with van der Waals surface area (Å²) in [5, 5.41) is 6.59. The van der Waals surface area contributed by atoms with Crippen molar-refractivity contribution in [2.45, 2.75) is 45.3 Å². The molecule has 0 radical (unpaired) electrons. The molecule has 2 atom stereocenters. The zero-order chi connectivity index (χ0) is 23.2. The van der Waals surface area contributed by atoms with Crippen LogP contribution < -0.4 is 10.6 Å². The molecule has 0 fully saturated rings. The lowest BCUT2D eigenvalue weighted by Gasteiger charge is -2.27. The third-order valence-corrected chi connectivity index (χ3v) is 6.04. The standard InChI is InChI=1S/C28H31N3O2/c1-3-18-31-26(24-14-7-8-15-25(24)28(31)33)30-23-13-9-12-22(19-23)27(32)29-20(2)16-17-21-10-5-4-6-11-21/h4-15,19-20,26,30H,3,16-18H2,1-2H3,(H,29,32). The molecular formula is C28H31N3O2. The van der Waals surface area contributed by atoms with E-state index in [1.54, 1.807) is 0 Å². The van der Waals surface area contributed by atoms with Crippen LogP contribution in [-0.2, 0) is 6.42 Å². The molecule has 2 unspecified atom stereocenters. The van der Waals surface area contributed by atoms with Crippen molar-refractivity contribution in [1.29, 1.82) is 0 Å². The van der Waals surface area contributed by atoms with Gasteiger partial charge in [0.1, 0.15) is 6.17 Å². The largest absolute Gasteiger partial charge is 0.361 e.